The molecule has 3 heterocycles. The van der Waals surface area contributed by atoms with Gasteiger partial charge in [0.1, 0.15) is 11.5 Å². The lowest BCUT2D eigenvalue weighted by atomic mass is 9.97. The summed E-state index contributed by atoms with van der Waals surface area (Å²) in [5, 5.41) is 9.56. The molecule has 1 aromatic carbocycles. The standard InChI is InChI=1S/C21H22N2O4/c24-14-15-6-4-10-22(12-15)19-18(16-7-2-1-3-8-16)20(25)23(21(19)26)13-17-9-5-11-27-17/h1-3,5,7-9,11,15,24H,4,6,10,12-14H2. The molecule has 6 heteroatoms. The first-order valence-electron chi connectivity index (χ1n) is 9.23. The SMILES string of the molecule is O=C1C(c2ccccc2)=C(N2CCCC(CO)C2)C(=O)N1Cc1ccco1. The smallest absolute Gasteiger partial charge is 0.278 e. The van der Waals surface area contributed by atoms with Crippen LogP contribution >= 0.6 is 0 Å². The fourth-order valence-electron chi connectivity index (χ4n) is 3.84. The summed E-state index contributed by atoms with van der Waals surface area (Å²) in [6.07, 6.45) is 3.35. The van der Waals surface area contributed by atoms with Crippen molar-refractivity contribution in [3.8, 4) is 0 Å². The van der Waals surface area contributed by atoms with Crippen LogP contribution in [-0.2, 0) is 16.1 Å². The van der Waals surface area contributed by atoms with Crippen molar-refractivity contribution in [1.29, 1.82) is 0 Å². The monoisotopic (exact) mass is 366 g/mol. The van der Waals surface area contributed by atoms with E-state index in [0.717, 1.165) is 18.4 Å². The Kier molecular flexibility index (Phi) is 4.81. The maximum atomic E-state index is 13.2. The molecule has 0 spiro atoms. The van der Waals surface area contributed by atoms with Crippen LogP contribution in [-0.4, -0.2) is 46.4 Å². The van der Waals surface area contributed by atoms with Crippen molar-refractivity contribution < 1.29 is 19.1 Å². The Labute approximate surface area is 157 Å². The molecule has 4 rings (SSSR count). The van der Waals surface area contributed by atoms with Gasteiger partial charge in [0.2, 0.25) is 0 Å². The molecule has 1 N–H and O–H groups in total. The van der Waals surface area contributed by atoms with Crippen molar-refractivity contribution in [2.75, 3.05) is 19.7 Å². The van der Waals surface area contributed by atoms with Crippen LogP contribution in [0.4, 0.5) is 0 Å². The third-order valence-electron chi connectivity index (χ3n) is 5.19. The molecule has 0 bridgehead atoms. The number of carbonyl (C=O) groups excluding carboxylic acids is 2. The van der Waals surface area contributed by atoms with Crippen LogP contribution in [0.3, 0.4) is 0 Å². The predicted octanol–water partition coefficient (Wildman–Crippen LogP) is 2.26. The van der Waals surface area contributed by atoms with Gasteiger partial charge in [-0.3, -0.25) is 14.5 Å². The highest BCUT2D eigenvalue weighted by Crippen LogP contribution is 2.34. The zero-order chi connectivity index (χ0) is 18.8. The first kappa shape index (κ1) is 17.5. The molecular formula is C21H22N2O4. The molecule has 140 valence electrons. The second-order valence-electron chi connectivity index (χ2n) is 7.00. The van der Waals surface area contributed by atoms with E-state index in [9.17, 15) is 14.7 Å². The van der Waals surface area contributed by atoms with Crippen LogP contribution < -0.4 is 0 Å². The van der Waals surface area contributed by atoms with E-state index in [0.29, 0.717) is 30.1 Å². The van der Waals surface area contributed by atoms with E-state index in [1.807, 2.05) is 35.2 Å². The minimum absolute atomic E-state index is 0.0860. The van der Waals surface area contributed by atoms with Gasteiger partial charge in [-0.2, -0.15) is 0 Å². The number of carbonyl (C=O) groups is 2. The Morgan fingerprint density at radius 3 is 2.59 bits per heavy atom. The molecule has 1 unspecified atom stereocenters. The lowest BCUT2D eigenvalue weighted by molar-refractivity contribution is -0.138. The number of hydrogen-bond acceptors (Lipinski definition) is 5. The van der Waals surface area contributed by atoms with E-state index in [4.69, 9.17) is 4.42 Å². The number of amides is 2. The minimum Gasteiger partial charge on any atom is -0.467 e. The highest BCUT2D eigenvalue weighted by atomic mass is 16.3. The molecule has 2 aromatic rings. The summed E-state index contributed by atoms with van der Waals surface area (Å²) in [4.78, 5) is 29.6. The van der Waals surface area contributed by atoms with E-state index in [1.165, 1.54) is 11.2 Å². The molecule has 2 amide bonds. The maximum absolute atomic E-state index is 13.2. The van der Waals surface area contributed by atoms with Gasteiger partial charge in [0.25, 0.3) is 11.8 Å². The first-order valence-corrected chi connectivity index (χ1v) is 9.23. The summed E-state index contributed by atoms with van der Waals surface area (Å²) >= 11 is 0. The van der Waals surface area contributed by atoms with Gasteiger partial charge in [0, 0.05) is 19.7 Å². The number of nitrogens with zero attached hydrogens (tertiary/aromatic N) is 2. The first-order chi connectivity index (χ1) is 13.2. The molecule has 6 nitrogen and oxygen atoms in total. The number of likely N-dealkylation sites (tertiary alicyclic amines) is 1. The number of benzene rings is 1. The Balaban J connectivity index is 1.73. The van der Waals surface area contributed by atoms with Gasteiger partial charge in [0.15, 0.2) is 0 Å². The van der Waals surface area contributed by atoms with Crippen LogP contribution in [0.2, 0.25) is 0 Å². The highest BCUT2D eigenvalue weighted by Gasteiger charge is 2.42. The number of rotatable bonds is 5. The molecule has 2 aliphatic heterocycles. The summed E-state index contributed by atoms with van der Waals surface area (Å²) in [5.74, 6) is 0.0834. The molecule has 1 fully saturated rings. The summed E-state index contributed by atoms with van der Waals surface area (Å²) in [5.41, 5.74) is 1.61. The maximum Gasteiger partial charge on any atom is 0.278 e. The van der Waals surface area contributed by atoms with E-state index in [2.05, 4.69) is 0 Å². The zero-order valence-corrected chi connectivity index (χ0v) is 15.0. The average molecular weight is 366 g/mol. The van der Waals surface area contributed by atoms with E-state index in [-0.39, 0.29) is 30.9 Å². The molecule has 1 saturated heterocycles. The average Bonchev–Trinajstić information content (AvgIpc) is 3.31. The third-order valence-corrected chi connectivity index (χ3v) is 5.19. The van der Waals surface area contributed by atoms with Gasteiger partial charge >= 0.3 is 0 Å². The third kappa shape index (κ3) is 3.28. The van der Waals surface area contributed by atoms with Crippen molar-refractivity contribution in [3.05, 3.63) is 65.7 Å². The normalized spacial score (nSPS) is 20.7. The van der Waals surface area contributed by atoms with Gasteiger partial charge in [-0.1, -0.05) is 30.3 Å². The molecule has 27 heavy (non-hydrogen) atoms. The van der Waals surface area contributed by atoms with Crippen LogP contribution in [0.1, 0.15) is 24.2 Å². The van der Waals surface area contributed by atoms with Crippen LogP contribution in [0.15, 0.2) is 58.8 Å². The van der Waals surface area contributed by atoms with E-state index in [1.54, 1.807) is 12.1 Å². The second kappa shape index (κ2) is 7.40. The number of piperidine rings is 1. The van der Waals surface area contributed by atoms with Gasteiger partial charge in [0.05, 0.1) is 18.4 Å². The molecule has 1 atom stereocenters. The van der Waals surface area contributed by atoms with Crippen LogP contribution in [0.25, 0.3) is 5.57 Å². The molecule has 0 aliphatic carbocycles. The lowest BCUT2D eigenvalue weighted by Gasteiger charge is -2.34. The van der Waals surface area contributed by atoms with Gasteiger partial charge in [-0.05, 0) is 36.5 Å². The Morgan fingerprint density at radius 1 is 1.07 bits per heavy atom. The van der Waals surface area contributed by atoms with Crippen molar-refractivity contribution in [2.45, 2.75) is 19.4 Å². The zero-order valence-electron chi connectivity index (χ0n) is 15.0. The molecule has 0 saturated carbocycles. The largest absolute Gasteiger partial charge is 0.467 e. The number of imide groups is 1. The predicted molar refractivity (Wildman–Crippen MR) is 99.0 cm³/mol. The molecule has 0 radical (unpaired) electrons. The van der Waals surface area contributed by atoms with Crippen molar-refractivity contribution in [2.24, 2.45) is 5.92 Å². The van der Waals surface area contributed by atoms with Crippen molar-refractivity contribution in [3.63, 3.8) is 0 Å². The number of hydrogen-bond donors (Lipinski definition) is 1. The molecular weight excluding hydrogens is 344 g/mol. The fraction of sp³-hybridized carbons (Fsp3) is 0.333. The van der Waals surface area contributed by atoms with E-state index >= 15 is 0 Å². The fourth-order valence-corrected chi connectivity index (χ4v) is 3.84. The summed E-state index contributed by atoms with van der Waals surface area (Å²) in [6, 6.07) is 12.8. The topological polar surface area (TPSA) is 74.0 Å². The number of aliphatic hydroxyl groups excluding tert-OH is 1. The lowest BCUT2D eigenvalue weighted by Crippen LogP contribution is -2.40. The summed E-state index contributed by atoms with van der Waals surface area (Å²) < 4.78 is 5.34. The molecule has 2 aliphatic rings. The van der Waals surface area contributed by atoms with Crippen LogP contribution in [0.5, 0.6) is 0 Å². The molecule has 1 aromatic heterocycles. The summed E-state index contributed by atoms with van der Waals surface area (Å²) in [6.45, 7) is 1.48. The van der Waals surface area contributed by atoms with Gasteiger partial charge < -0.3 is 14.4 Å². The summed E-state index contributed by atoms with van der Waals surface area (Å²) in [7, 11) is 0. The van der Waals surface area contributed by atoms with Gasteiger partial charge in [-0.15, -0.1) is 0 Å². The second-order valence-corrected chi connectivity index (χ2v) is 7.00. The van der Waals surface area contributed by atoms with E-state index < -0.39 is 0 Å². The Hall–Kier alpha value is -2.86. The Morgan fingerprint density at radius 2 is 1.89 bits per heavy atom. The highest BCUT2D eigenvalue weighted by molar-refractivity contribution is 6.35. The minimum atomic E-state index is -0.302. The van der Waals surface area contributed by atoms with Gasteiger partial charge in [-0.25, -0.2) is 0 Å². The Bertz CT molecular complexity index is 858. The quantitative estimate of drug-likeness (QED) is 0.822. The van der Waals surface area contributed by atoms with Crippen molar-refractivity contribution in [1.82, 2.24) is 9.80 Å². The number of aliphatic hydroxyl groups is 1. The number of furan rings is 1. The van der Waals surface area contributed by atoms with Crippen LogP contribution in [0, 0.1) is 5.92 Å². The van der Waals surface area contributed by atoms with Crippen molar-refractivity contribution >= 4 is 17.4 Å².